The maximum Gasteiger partial charge on any atom is 0.139 e. The highest BCUT2D eigenvalue weighted by atomic mass is 35.5. The Hall–Kier alpha value is -0.800. The Kier molecular flexibility index (Phi) is 5.26. The van der Waals surface area contributed by atoms with Crippen molar-refractivity contribution in [1.82, 2.24) is 10.3 Å². The summed E-state index contributed by atoms with van der Waals surface area (Å²) in [6, 6.07) is 2.45. The quantitative estimate of drug-likeness (QED) is 0.832. The molecular weight excluding hydrogens is 248 g/mol. The number of pyridine rings is 1. The predicted octanol–water partition coefficient (Wildman–Crippen LogP) is 3.28. The Morgan fingerprint density at radius 3 is 3.11 bits per heavy atom. The van der Waals surface area contributed by atoms with Crippen molar-refractivity contribution in [3.8, 4) is 5.75 Å². The molecular formula is C14H21ClN2O. The van der Waals surface area contributed by atoms with Crippen molar-refractivity contribution in [3.05, 3.63) is 23.5 Å². The van der Waals surface area contributed by atoms with Crippen LogP contribution in [0.1, 0.15) is 32.6 Å². The van der Waals surface area contributed by atoms with Gasteiger partial charge in [0.05, 0.1) is 11.2 Å². The van der Waals surface area contributed by atoms with Crippen LogP contribution in [0.15, 0.2) is 18.5 Å². The Balaban J connectivity index is 1.64. The van der Waals surface area contributed by atoms with E-state index in [0.717, 1.165) is 18.2 Å². The minimum atomic E-state index is 0.613. The molecule has 3 nitrogen and oxygen atoms in total. The zero-order valence-electron chi connectivity index (χ0n) is 10.9. The standard InChI is InChI=1S/C14H21ClN2O/c1-11-3-2-4-13(7-11)17-5-6-18-14-8-12(15)9-16-10-14/h8-11,13,17H,2-7H2,1H3. The highest BCUT2D eigenvalue weighted by Crippen LogP contribution is 2.23. The van der Waals surface area contributed by atoms with Crippen molar-refractivity contribution in [2.75, 3.05) is 13.2 Å². The minimum absolute atomic E-state index is 0.613. The zero-order valence-corrected chi connectivity index (χ0v) is 11.6. The van der Waals surface area contributed by atoms with Gasteiger partial charge in [0.15, 0.2) is 0 Å². The normalized spacial score (nSPS) is 23.9. The maximum atomic E-state index is 5.84. The SMILES string of the molecule is CC1CCCC(NCCOc2cncc(Cl)c2)C1. The fourth-order valence-electron chi connectivity index (χ4n) is 2.52. The summed E-state index contributed by atoms with van der Waals surface area (Å²) < 4.78 is 5.60. The fraction of sp³-hybridized carbons (Fsp3) is 0.643. The minimum Gasteiger partial charge on any atom is -0.491 e. The largest absolute Gasteiger partial charge is 0.491 e. The molecule has 18 heavy (non-hydrogen) atoms. The van der Waals surface area contributed by atoms with Crippen LogP contribution in [0.2, 0.25) is 5.02 Å². The van der Waals surface area contributed by atoms with Crippen LogP contribution in [0, 0.1) is 5.92 Å². The van der Waals surface area contributed by atoms with E-state index < -0.39 is 0 Å². The molecule has 1 aliphatic rings. The second-order valence-electron chi connectivity index (χ2n) is 5.11. The molecule has 2 rings (SSSR count). The van der Waals surface area contributed by atoms with Crippen molar-refractivity contribution in [2.45, 2.75) is 38.6 Å². The highest BCUT2D eigenvalue weighted by Gasteiger charge is 2.17. The Morgan fingerprint density at radius 1 is 1.44 bits per heavy atom. The first-order valence-electron chi connectivity index (χ1n) is 6.71. The monoisotopic (exact) mass is 268 g/mol. The molecule has 1 aromatic rings. The van der Waals surface area contributed by atoms with Gasteiger partial charge in [0.2, 0.25) is 0 Å². The summed E-state index contributed by atoms with van der Waals surface area (Å²) in [6.45, 7) is 3.87. The average Bonchev–Trinajstić information content (AvgIpc) is 2.35. The lowest BCUT2D eigenvalue weighted by molar-refractivity contribution is 0.266. The van der Waals surface area contributed by atoms with E-state index in [0.29, 0.717) is 17.7 Å². The smallest absolute Gasteiger partial charge is 0.139 e. The number of halogens is 1. The number of nitrogens with one attached hydrogen (secondary N) is 1. The lowest BCUT2D eigenvalue weighted by atomic mass is 9.87. The van der Waals surface area contributed by atoms with E-state index >= 15 is 0 Å². The Bertz CT molecular complexity index is 373. The summed E-state index contributed by atoms with van der Waals surface area (Å²) >= 11 is 5.84. The van der Waals surface area contributed by atoms with Crippen molar-refractivity contribution in [2.24, 2.45) is 5.92 Å². The van der Waals surface area contributed by atoms with E-state index in [1.165, 1.54) is 25.7 Å². The van der Waals surface area contributed by atoms with Crippen LogP contribution in [0.25, 0.3) is 0 Å². The van der Waals surface area contributed by atoms with Gasteiger partial charge in [-0.15, -0.1) is 0 Å². The number of nitrogens with zero attached hydrogens (tertiary/aromatic N) is 1. The zero-order chi connectivity index (χ0) is 12.8. The fourth-order valence-corrected chi connectivity index (χ4v) is 2.69. The van der Waals surface area contributed by atoms with Gasteiger partial charge >= 0.3 is 0 Å². The van der Waals surface area contributed by atoms with Crippen LogP contribution in [-0.2, 0) is 0 Å². The first-order chi connectivity index (χ1) is 8.74. The van der Waals surface area contributed by atoms with Gasteiger partial charge in [-0.3, -0.25) is 4.98 Å². The predicted molar refractivity (Wildman–Crippen MR) is 74.2 cm³/mol. The van der Waals surface area contributed by atoms with Gasteiger partial charge in [0.1, 0.15) is 12.4 Å². The van der Waals surface area contributed by atoms with Gasteiger partial charge in [0, 0.05) is 24.8 Å². The van der Waals surface area contributed by atoms with Crippen LogP contribution in [-0.4, -0.2) is 24.2 Å². The van der Waals surface area contributed by atoms with Crippen LogP contribution < -0.4 is 10.1 Å². The van der Waals surface area contributed by atoms with E-state index in [-0.39, 0.29) is 0 Å². The first-order valence-corrected chi connectivity index (χ1v) is 7.08. The third-order valence-electron chi connectivity index (χ3n) is 3.42. The molecule has 1 aliphatic carbocycles. The van der Waals surface area contributed by atoms with Crippen LogP contribution in [0.3, 0.4) is 0 Å². The lowest BCUT2D eigenvalue weighted by Crippen LogP contribution is -2.36. The van der Waals surface area contributed by atoms with E-state index in [1.807, 2.05) is 0 Å². The second kappa shape index (κ2) is 6.95. The van der Waals surface area contributed by atoms with Crippen LogP contribution >= 0.6 is 11.6 Å². The average molecular weight is 269 g/mol. The molecule has 0 bridgehead atoms. The van der Waals surface area contributed by atoms with Crippen molar-refractivity contribution >= 4 is 11.6 Å². The van der Waals surface area contributed by atoms with Crippen LogP contribution in [0.5, 0.6) is 5.75 Å². The maximum absolute atomic E-state index is 5.84. The number of ether oxygens (including phenoxy) is 1. The summed E-state index contributed by atoms with van der Waals surface area (Å²) in [6.07, 6.45) is 8.60. The topological polar surface area (TPSA) is 34.1 Å². The molecule has 0 saturated heterocycles. The van der Waals surface area contributed by atoms with Crippen molar-refractivity contribution in [1.29, 1.82) is 0 Å². The summed E-state index contributed by atoms with van der Waals surface area (Å²) in [5.74, 6) is 1.59. The molecule has 0 amide bonds. The van der Waals surface area contributed by atoms with Gasteiger partial charge in [-0.05, 0) is 18.8 Å². The third-order valence-corrected chi connectivity index (χ3v) is 3.63. The molecule has 1 heterocycles. The van der Waals surface area contributed by atoms with Gasteiger partial charge in [-0.2, -0.15) is 0 Å². The van der Waals surface area contributed by atoms with E-state index in [4.69, 9.17) is 16.3 Å². The molecule has 2 unspecified atom stereocenters. The summed E-state index contributed by atoms with van der Waals surface area (Å²) in [4.78, 5) is 3.99. The molecule has 4 heteroatoms. The molecule has 1 aromatic heterocycles. The number of hydrogen-bond donors (Lipinski definition) is 1. The van der Waals surface area contributed by atoms with Crippen molar-refractivity contribution in [3.63, 3.8) is 0 Å². The van der Waals surface area contributed by atoms with E-state index in [9.17, 15) is 0 Å². The number of hydrogen-bond acceptors (Lipinski definition) is 3. The number of rotatable bonds is 5. The van der Waals surface area contributed by atoms with E-state index in [1.54, 1.807) is 18.5 Å². The Labute approximate surface area is 114 Å². The molecule has 0 aliphatic heterocycles. The van der Waals surface area contributed by atoms with Gasteiger partial charge in [-0.25, -0.2) is 0 Å². The molecule has 1 fully saturated rings. The Morgan fingerprint density at radius 2 is 2.33 bits per heavy atom. The van der Waals surface area contributed by atoms with Crippen LogP contribution in [0.4, 0.5) is 0 Å². The van der Waals surface area contributed by atoms with Gasteiger partial charge in [0.25, 0.3) is 0 Å². The molecule has 1 N–H and O–H groups in total. The molecule has 2 atom stereocenters. The molecule has 0 radical (unpaired) electrons. The summed E-state index contributed by atoms with van der Waals surface area (Å²) in [5.41, 5.74) is 0. The van der Waals surface area contributed by atoms with Gasteiger partial charge < -0.3 is 10.1 Å². The highest BCUT2D eigenvalue weighted by molar-refractivity contribution is 6.30. The van der Waals surface area contributed by atoms with E-state index in [2.05, 4.69) is 17.2 Å². The van der Waals surface area contributed by atoms with Crippen molar-refractivity contribution < 1.29 is 4.74 Å². The number of aromatic nitrogens is 1. The molecule has 1 saturated carbocycles. The third kappa shape index (κ3) is 4.46. The second-order valence-corrected chi connectivity index (χ2v) is 5.55. The first kappa shape index (κ1) is 13.6. The van der Waals surface area contributed by atoms with Gasteiger partial charge in [-0.1, -0.05) is 31.4 Å². The lowest BCUT2D eigenvalue weighted by Gasteiger charge is -2.27. The molecule has 100 valence electrons. The summed E-state index contributed by atoms with van der Waals surface area (Å²) in [5, 5.41) is 4.17. The summed E-state index contributed by atoms with van der Waals surface area (Å²) in [7, 11) is 0. The molecule has 0 spiro atoms. The molecule has 0 aromatic carbocycles.